The summed E-state index contributed by atoms with van der Waals surface area (Å²) < 4.78 is 5.04. The molecule has 0 aromatic carbocycles. The number of halogens is 1. The lowest BCUT2D eigenvalue weighted by molar-refractivity contribution is 0.0948. The van der Waals surface area contributed by atoms with E-state index >= 15 is 0 Å². The largest absolute Gasteiger partial charge is 0.385 e. The third-order valence-corrected chi connectivity index (χ3v) is 7.36. The molecule has 31 heavy (non-hydrogen) atoms. The van der Waals surface area contributed by atoms with Gasteiger partial charge in [-0.2, -0.15) is 0 Å². The van der Waals surface area contributed by atoms with Gasteiger partial charge in [-0.25, -0.2) is 9.97 Å². The first kappa shape index (κ1) is 24.0. The molecule has 7 nitrogen and oxygen atoms in total. The number of ether oxygens (including phenoxy) is 1. The molecule has 168 valence electrons. The molecule has 3 rings (SSSR count). The summed E-state index contributed by atoms with van der Waals surface area (Å²) in [5.74, 6) is 0.254. The Balaban J connectivity index is 1.83. The second kappa shape index (κ2) is 11.8. The smallest absolute Gasteiger partial charge is 0.276 e. The molecule has 1 aliphatic rings. The summed E-state index contributed by atoms with van der Waals surface area (Å²) >= 11 is 9.16. The van der Waals surface area contributed by atoms with Gasteiger partial charge in [-0.05, 0) is 44.1 Å². The third kappa shape index (κ3) is 6.19. The Labute approximate surface area is 195 Å². The number of methoxy groups -OCH3 is 1. The molecule has 2 aromatic heterocycles. The van der Waals surface area contributed by atoms with Gasteiger partial charge in [0.25, 0.3) is 11.8 Å². The minimum Gasteiger partial charge on any atom is -0.385 e. The fraction of sp³-hybridized carbons (Fsp3) is 0.524. The number of anilines is 1. The molecular weight excluding hydrogens is 456 g/mol. The summed E-state index contributed by atoms with van der Waals surface area (Å²) in [6, 6.07) is 0. The number of amides is 2. The first-order valence-electron chi connectivity index (χ1n) is 10.4. The van der Waals surface area contributed by atoms with E-state index in [-0.39, 0.29) is 16.6 Å². The van der Waals surface area contributed by atoms with Crippen molar-refractivity contribution in [1.29, 1.82) is 0 Å². The van der Waals surface area contributed by atoms with Crippen LogP contribution in [0.15, 0.2) is 11.4 Å². The maximum absolute atomic E-state index is 13.0. The molecule has 0 saturated carbocycles. The van der Waals surface area contributed by atoms with E-state index in [4.69, 9.17) is 16.3 Å². The monoisotopic (exact) mass is 482 g/mol. The summed E-state index contributed by atoms with van der Waals surface area (Å²) in [6.45, 7) is 3.16. The molecule has 0 aliphatic heterocycles. The number of carbonyl (C=O) groups is 2. The predicted octanol–water partition coefficient (Wildman–Crippen LogP) is 4.59. The highest BCUT2D eigenvalue weighted by molar-refractivity contribution is 7.99. The lowest BCUT2D eigenvalue weighted by Gasteiger charge is -2.13. The van der Waals surface area contributed by atoms with Gasteiger partial charge in [0, 0.05) is 30.9 Å². The lowest BCUT2D eigenvalue weighted by atomic mass is 9.95. The lowest BCUT2D eigenvalue weighted by Crippen LogP contribution is -2.27. The first-order chi connectivity index (χ1) is 15.0. The van der Waals surface area contributed by atoms with E-state index in [9.17, 15) is 9.59 Å². The zero-order valence-corrected chi connectivity index (χ0v) is 20.1. The zero-order chi connectivity index (χ0) is 22.2. The SMILES string of the molecule is CCCSc1ncc(Cl)c(C(=O)Nc2sc3c(c2C(=O)NCCCOC)CCCC3)n1. The van der Waals surface area contributed by atoms with Crippen LogP contribution in [0, 0.1) is 0 Å². The molecule has 2 heterocycles. The van der Waals surface area contributed by atoms with Crippen LogP contribution in [-0.2, 0) is 17.6 Å². The van der Waals surface area contributed by atoms with E-state index < -0.39 is 5.91 Å². The quantitative estimate of drug-likeness (QED) is 0.292. The van der Waals surface area contributed by atoms with Crippen molar-refractivity contribution in [3.05, 3.63) is 32.9 Å². The first-order valence-corrected chi connectivity index (χ1v) is 12.6. The maximum Gasteiger partial charge on any atom is 0.276 e. The van der Waals surface area contributed by atoms with E-state index in [1.807, 2.05) is 0 Å². The molecule has 0 bridgehead atoms. The normalized spacial score (nSPS) is 13.0. The Morgan fingerprint density at radius 3 is 2.87 bits per heavy atom. The molecule has 0 unspecified atom stereocenters. The highest BCUT2D eigenvalue weighted by Crippen LogP contribution is 2.38. The average molecular weight is 483 g/mol. The molecule has 2 amide bonds. The fourth-order valence-electron chi connectivity index (χ4n) is 3.34. The van der Waals surface area contributed by atoms with Crippen LogP contribution in [0.2, 0.25) is 5.02 Å². The van der Waals surface area contributed by atoms with Crippen LogP contribution in [0.4, 0.5) is 5.00 Å². The van der Waals surface area contributed by atoms with Crippen LogP contribution in [0.25, 0.3) is 0 Å². The van der Waals surface area contributed by atoms with Gasteiger partial charge in [0.15, 0.2) is 10.9 Å². The number of nitrogens with one attached hydrogen (secondary N) is 2. The van der Waals surface area contributed by atoms with Crippen molar-refractivity contribution >= 4 is 51.5 Å². The number of carbonyl (C=O) groups excluding carboxylic acids is 2. The second-order valence-electron chi connectivity index (χ2n) is 7.17. The Bertz CT molecular complexity index is 936. The van der Waals surface area contributed by atoms with E-state index in [2.05, 4.69) is 27.5 Å². The van der Waals surface area contributed by atoms with Crippen molar-refractivity contribution < 1.29 is 14.3 Å². The van der Waals surface area contributed by atoms with Gasteiger partial charge in [-0.3, -0.25) is 9.59 Å². The molecular formula is C21H27ClN4O3S2. The molecule has 0 radical (unpaired) electrons. The third-order valence-electron chi connectivity index (χ3n) is 4.81. The number of hydrogen-bond acceptors (Lipinski definition) is 7. The Kier molecular flexibility index (Phi) is 9.13. The van der Waals surface area contributed by atoms with Crippen LogP contribution >= 0.6 is 34.7 Å². The van der Waals surface area contributed by atoms with Crippen molar-refractivity contribution in [3.8, 4) is 0 Å². The molecule has 0 saturated heterocycles. The maximum atomic E-state index is 13.0. The van der Waals surface area contributed by atoms with Gasteiger partial charge in [0.2, 0.25) is 0 Å². The van der Waals surface area contributed by atoms with Crippen molar-refractivity contribution in [3.63, 3.8) is 0 Å². The zero-order valence-electron chi connectivity index (χ0n) is 17.8. The van der Waals surface area contributed by atoms with E-state index in [0.29, 0.717) is 28.9 Å². The Morgan fingerprint density at radius 1 is 1.29 bits per heavy atom. The average Bonchev–Trinajstić information content (AvgIpc) is 3.13. The fourth-order valence-corrected chi connectivity index (χ4v) is 5.46. The van der Waals surface area contributed by atoms with E-state index in [1.165, 1.54) is 29.3 Å². The highest BCUT2D eigenvalue weighted by atomic mass is 35.5. The predicted molar refractivity (Wildman–Crippen MR) is 126 cm³/mol. The van der Waals surface area contributed by atoms with Gasteiger partial charge >= 0.3 is 0 Å². The molecule has 2 aromatic rings. The van der Waals surface area contributed by atoms with E-state index in [1.54, 1.807) is 7.11 Å². The molecule has 0 atom stereocenters. The molecule has 0 spiro atoms. The number of hydrogen-bond donors (Lipinski definition) is 2. The molecule has 10 heteroatoms. The van der Waals surface area contributed by atoms with Crippen LogP contribution in [0.3, 0.4) is 0 Å². The number of aromatic nitrogens is 2. The van der Waals surface area contributed by atoms with Gasteiger partial charge < -0.3 is 15.4 Å². The van der Waals surface area contributed by atoms with Crippen molar-refractivity contribution in [2.45, 2.75) is 50.6 Å². The minimum atomic E-state index is -0.433. The van der Waals surface area contributed by atoms with Crippen molar-refractivity contribution in [2.75, 3.05) is 31.3 Å². The van der Waals surface area contributed by atoms with Crippen LogP contribution in [0.5, 0.6) is 0 Å². The summed E-state index contributed by atoms with van der Waals surface area (Å²) in [4.78, 5) is 35.7. The Morgan fingerprint density at radius 2 is 2.10 bits per heavy atom. The standard InChI is InChI=1S/C21H27ClN4O3S2/c1-3-11-30-21-24-12-14(22)17(25-21)19(28)26-20-16(18(27)23-9-6-10-29-2)13-7-4-5-8-15(13)31-20/h12H,3-11H2,1-2H3,(H,23,27)(H,26,28). The number of nitrogens with zero attached hydrogens (tertiary/aromatic N) is 2. The number of rotatable bonds is 10. The molecule has 1 aliphatic carbocycles. The summed E-state index contributed by atoms with van der Waals surface area (Å²) in [7, 11) is 1.63. The van der Waals surface area contributed by atoms with Crippen molar-refractivity contribution in [1.82, 2.24) is 15.3 Å². The summed E-state index contributed by atoms with van der Waals surface area (Å²) in [5.41, 5.74) is 1.73. The van der Waals surface area contributed by atoms with Crippen LogP contribution in [0.1, 0.15) is 63.9 Å². The number of fused-ring (bicyclic) bond motifs is 1. The van der Waals surface area contributed by atoms with Gasteiger partial charge in [0.05, 0.1) is 16.8 Å². The van der Waals surface area contributed by atoms with Crippen LogP contribution in [-0.4, -0.2) is 47.8 Å². The van der Waals surface area contributed by atoms with Crippen LogP contribution < -0.4 is 10.6 Å². The molecule has 0 fully saturated rings. The Hall–Kier alpha value is -1.68. The summed E-state index contributed by atoms with van der Waals surface area (Å²) in [6.07, 6.45) is 7.04. The summed E-state index contributed by atoms with van der Waals surface area (Å²) in [5, 5.41) is 7.10. The van der Waals surface area contributed by atoms with E-state index in [0.717, 1.165) is 54.7 Å². The van der Waals surface area contributed by atoms with Gasteiger partial charge in [-0.1, -0.05) is 30.3 Å². The topological polar surface area (TPSA) is 93.2 Å². The number of aryl methyl sites for hydroxylation is 1. The second-order valence-corrected chi connectivity index (χ2v) is 9.74. The van der Waals surface area contributed by atoms with Gasteiger partial charge in [0.1, 0.15) is 5.00 Å². The number of thiophene rings is 1. The number of thioether (sulfide) groups is 1. The molecule has 2 N–H and O–H groups in total. The highest BCUT2D eigenvalue weighted by Gasteiger charge is 2.27. The van der Waals surface area contributed by atoms with Crippen molar-refractivity contribution in [2.24, 2.45) is 0 Å². The minimum absolute atomic E-state index is 0.119. The van der Waals surface area contributed by atoms with Gasteiger partial charge in [-0.15, -0.1) is 11.3 Å².